The van der Waals surface area contributed by atoms with Gasteiger partial charge in [0.1, 0.15) is 11.8 Å². The van der Waals surface area contributed by atoms with Gasteiger partial charge in [0.15, 0.2) is 6.61 Å². The first kappa shape index (κ1) is 17.9. The fourth-order valence-corrected chi connectivity index (χ4v) is 3.77. The van der Waals surface area contributed by atoms with Crippen LogP contribution in [-0.2, 0) is 26.0 Å². The minimum atomic E-state index is -4.03. The molecule has 0 saturated carbocycles. The number of fused-ring (bicyclic) bond motifs is 1. The zero-order valence-corrected chi connectivity index (χ0v) is 14.5. The number of hydrogen-bond donors (Lipinski definition) is 3. The van der Waals surface area contributed by atoms with Gasteiger partial charge in [-0.2, -0.15) is 4.72 Å². The molecule has 1 aliphatic rings. The summed E-state index contributed by atoms with van der Waals surface area (Å²) in [6.07, 6.45) is 0.125. The zero-order valence-electron chi connectivity index (χ0n) is 13.6. The summed E-state index contributed by atoms with van der Waals surface area (Å²) in [4.78, 5) is 23.0. The smallest absolute Gasteiger partial charge is 0.262 e. The Bertz CT molecular complexity index is 944. The Morgan fingerprint density at radius 2 is 1.96 bits per heavy atom. The number of amides is 2. The van der Waals surface area contributed by atoms with Crippen molar-refractivity contribution in [1.29, 1.82) is 0 Å². The number of benzene rings is 2. The summed E-state index contributed by atoms with van der Waals surface area (Å²) in [5, 5.41) is 2.54. The lowest BCUT2D eigenvalue weighted by Crippen LogP contribution is -2.45. The van der Waals surface area contributed by atoms with Crippen molar-refractivity contribution in [3.8, 4) is 5.75 Å². The van der Waals surface area contributed by atoms with Gasteiger partial charge in [0.25, 0.3) is 5.91 Å². The van der Waals surface area contributed by atoms with Crippen LogP contribution in [0.1, 0.15) is 5.56 Å². The van der Waals surface area contributed by atoms with E-state index in [1.807, 2.05) is 6.07 Å². The molecule has 0 fully saturated rings. The molecule has 2 aromatic rings. The van der Waals surface area contributed by atoms with E-state index in [4.69, 9.17) is 10.5 Å². The SMILES string of the molecule is NC(=O)[C@@H](Cc1ccccc1)NS(=O)(=O)c1ccc2c(c1)NC(=O)CO2. The Morgan fingerprint density at radius 1 is 1.23 bits per heavy atom. The monoisotopic (exact) mass is 375 g/mol. The van der Waals surface area contributed by atoms with E-state index in [-0.39, 0.29) is 29.5 Å². The highest BCUT2D eigenvalue weighted by atomic mass is 32.2. The number of sulfonamides is 1. The molecule has 2 aromatic carbocycles. The average molecular weight is 375 g/mol. The van der Waals surface area contributed by atoms with E-state index >= 15 is 0 Å². The molecule has 1 heterocycles. The summed E-state index contributed by atoms with van der Waals surface area (Å²) in [5.41, 5.74) is 6.38. The molecule has 2 amide bonds. The summed E-state index contributed by atoms with van der Waals surface area (Å²) in [7, 11) is -4.03. The van der Waals surface area contributed by atoms with Gasteiger partial charge in [-0.3, -0.25) is 9.59 Å². The lowest BCUT2D eigenvalue weighted by atomic mass is 10.1. The number of ether oxygens (including phenoxy) is 1. The summed E-state index contributed by atoms with van der Waals surface area (Å²) in [6.45, 7) is -0.127. The van der Waals surface area contributed by atoms with Crippen molar-refractivity contribution < 1.29 is 22.7 Å². The number of carbonyl (C=O) groups excluding carboxylic acids is 2. The second-order valence-electron chi connectivity index (χ2n) is 5.76. The fourth-order valence-electron chi connectivity index (χ4n) is 2.53. The summed E-state index contributed by atoms with van der Waals surface area (Å²) in [5.74, 6) is -0.787. The second kappa shape index (κ2) is 7.14. The van der Waals surface area contributed by atoms with Gasteiger partial charge >= 0.3 is 0 Å². The van der Waals surface area contributed by atoms with E-state index in [9.17, 15) is 18.0 Å². The Hall–Kier alpha value is -2.91. The summed E-state index contributed by atoms with van der Waals surface area (Å²) in [6, 6.07) is 11.9. The van der Waals surface area contributed by atoms with E-state index in [0.717, 1.165) is 5.56 Å². The number of primary amides is 1. The van der Waals surface area contributed by atoms with Crippen molar-refractivity contribution in [2.24, 2.45) is 5.73 Å². The average Bonchev–Trinajstić information content (AvgIpc) is 2.61. The normalized spacial score (nSPS) is 14.7. The molecule has 1 aliphatic heterocycles. The topological polar surface area (TPSA) is 128 Å². The first-order valence-electron chi connectivity index (χ1n) is 7.77. The first-order valence-corrected chi connectivity index (χ1v) is 9.26. The van der Waals surface area contributed by atoms with E-state index in [0.29, 0.717) is 5.75 Å². The van der Waals surface area contributed by atoms with Gasteiger partial charge in [0, 0.05) is 0 Å². The van der Waals surface area contributed by atoms with Crippen LogP contribution in [0.3, 0.4) is 0 Å². The van der Waals surface area contributed by atoms with Crippen molar-refractivity contribution in [1.82, 2.24) is 4.72 Å². The molecule has 26 heavy (non-hydrogen) atoms. The molecule has 136 valence electrons. The number of hydrogen-bond acceptors (Lipinski definition) is 5. The molecule has 0 aromatic heterocycles. The molecule has 0 saturated heterocycles. The Labute approximate surface area is 150 Å². The quantitative estimate of drug-likeness (QED) is 0.673. The Morgan fingerprint density at radius 3 is 2.65 bits per heavy atom. The van der Waals surface area contributed by atoms with E-state index in [2.05, 4.69) is 10.0 Å². The molecule has 4 N–H and O–H groups in total. The van der Waals surface area contributed by atoms with E-state index < -0.39 is 22.0 Å². The molecule has 0 bridgehead atoms. The zero-order chi connectivity index (χ0) is 18.7. The van der Waals surface area contributed by atoms with Crippen LogP contribution in [-0.4, -0.2) is 32.9 Å². The van der Waals surface area contributed by atoms with Gasteiger partial charge in [0.2, 0.25) is 15.9 Å². The van der Waals surface area contributed by atoms with Crippen LogP contribution >= 0.6 is 0 Å². The maximum absolute atomic E-state index is 12.6. The van der Waals surface area contributed by atoms with Crippen LogP contribution in [0, 0.1) is 0 Å². The third kappa shape index (κ3) is 4.01. The standard InChI is InChI=1S/C17H17N3O5S/c18-17(22)14(8-11-4-2-1-3-5-11)20-26(23,24)12-6-7-15-13(9-12)19-16(21)10-25-15/h1-7,9,14,20H,8,10H2,(H2,18,22)(H,19,21)/t14-/m1/s1. The number of nitrogens with one attached hydrogen (secondary N) is 2. The molecule has 3 rings (SSSR count). The highest BCUT2D eigenvalue weighted by Gasteiger charge is 2.26. The van der Waals surface area contributed by atoms with Crippen LogP contribution in [0.2, 0.25) is 0 Å². The van der Waals surface area contributed by atoms with Crippen molar-refractivity contribution in [3.63, 3.8) is 0 Å². The van der Waals surface area contributed by atoms with Crippen molar-refractivity contribution in [3.05, 3.63) is 54.1 Å². The maximum Gasteiger partial charge on any atom is 0.262 e. The van der Waals surface area contributed by atoms with Crippen LogP contribution in [0.25, 0.3) is 0 Å². The third-order valence-corrected chi connectivity index (χ3v) is 5.29. The van der Waals surface area contributed by atoms with Gasteiger partial charge in [-0.1, -0.05) is 30.3 Å². The van der Waals surface area contributed by atoms with E-state index in [1.54, 1.807) is 24.3 Å². The van der Waals surface area contributed by atoms with Crippen molar-refractivity contribution in [2.75, 3.05) is 11.9 Å². The number of rotatable bonds is 6. The molecular weight excluding hydrogens is 358 g/mol. The lowest BCUT2D eigenvalue weighted by molar-refractivity contribution is -0.120. The second-order valence-corrected chi connectivity index (χ2v) is 7.47. The third-order valence-electron chi connectivity index (χ3n) is 3.82. The van der Waals surface area contributed by atoms with Gasteiger partial charge in [-0.25, -0.2) is 8.42 Å². The predicted octanol–water partition coefficient (Wildman–Crippen LogP) is 0.392. The molecule has 0 aliphatic carbocycles. The maximum atomic E-state index is 12.6. The van der Waals surface area contributed by atoms with Crippen molar-refractivity contribution >= 4 is 27.5 Å². The van der Waals surface area contributed by atoms with Gasteiger partial charge in [-0.05, 0) is 30.2 Å². The minimum Gasteiger partial charge on any atom is -0.482 e. The molecule has 9 heteroatoms. The molecule has 0 spiro atoms. The van der Waals surface area contributed by atoms with Crippen LogP contribution < -0.4 is 20.5 Å². The Kier molecular flexibility index (Phi) is 4.92. The fraction of sp³-hybridized carbons (Fsp3) is 0.176. The van der Waals surface area contributed by atoms with Crippen LogP contribution in [0.4, 0.5) is 5.69 Å². The number of nitrogens with two attached hydrogens (primary N) is 1. The largest absolute Gasteiger partial charge is 0.482 e. The highest BCUT2D eigenvalue weighted by Crippen LogP contribution is 2.30. The predicted molar refractivity (Wildman–Crippen MR) is 94.0 cm³/mol. The Balaban J connectivity index is 1.83. The summed E-state index contributed by atoms with van der Waals surface area (Å²) >= 11 is 0. The molecule has 0 unspecified atom stereocenters. The molecule has 1 atom stereocenters. The minimum absolute atomic E-state index is 0.110. The molecule has 0 radical (unpaired) electrons. The van der Waals surface area contributed by atoms with Gasteiger partial charge in [0.05, 0.1) is 10.6 Å². The number of carbonyl (C=O) groups is 2. The van der Waals surface area contributed by atoms with E-state index in [1.165, 1.54) is 18.2 Å². The first-order chi connectivity index (χ1) is 12.3. The lowest BCUT2D eigenvalue weighted by Gasteiger charge is -2.20. The number of anilines is 1. The molecule has 8 nitrogen and oxygen atoms in total. The van der Waals surface area contributed by atoms with Gasteiger partial charge < -0.3 is 15.8 Å². The van der Waals surface area contributed by atoms with Crippen LogP contribution in [0.5, 0.6) is 5.75 Å². The van der Waals surface area contributed by atoms with Crippen LogP contribution in [0.15, 0.2) is 53.4 Å². The van der Waals surface area contributed by atoms with Crippen molar-refractivity contribution in [2.45, 2.75) is 17.4 Å². The molecular formula is C17H17N3O5S. The van der Waals surface area contributed by atoms with Gasteiger partial charge in [-0.15, -0.1) is 0 Å². The highest BCUT2D eigenvalue weighted by molar-refractivity contribution is 7.89. The summed E-state index contributed by atoms with van der Waals surface area (Å²) < 4.78 is 32.8.